The molecule has 1 fully saturated rings. The third kappa shape index (κ3) is 3.37. The SMILES string of the molecule is Cn1c(NC(CO)C(O)C2CCCCC2)c(C#N)c(=O)n(C)c1=O. The number of hydrogen-bond donors (Lipinski definition) is 3. The van der Waals surface area contributed by atoms with E-state index in [0.717, 1.165) is 41.2 Å². The molecule has 3 N–H and O–H groups in total. The summed E-state index contributed by atoms with van der Waals surface area (Å²) in [5.41, 5.74) is -1.49. The van der Waals surface area contributed by atoms with Crippen LogP contribution in [-0.2, 0) is 14.1 Å². The molecular formula is C16H24N4O4. The fourth-order valence-electron chi connectivity index (χ4n) is 3.33. The maximum Gasteiger partial charge on any atom is 0.332 e. The number of nitrogens with zero attached hydrogens (tertiary/aromatic N) is 3. The molecule has 1 aliphatic carbocycles. The molecule has 1 aromatic rings. The Morgan fingerprint density at radius 1 is 1.25 bits per heavy atom. The number of nitriles is 1. The minimum Gasteiger partial charge on any atom is -0.394 e. The highest BCUT2D eigenvalue weighted by molar-refractivity contribution is 5.52. The zero-order chi connectivity index (χ0) is 17.9. The van der Waals surface area contributed by atoms with Crippen molar-refractivity contribution >= 4 is 5.82 Å². The third-order valence-electron chi connectivity index (χ3n) is 4.84. The summed E-state index contributed by atoms with van der Waals surface area (Å²) in [7, 11) is 2.74. The maximum absolute atomic E-state index is 12.1. The second kappa shape index (κ2) is 7.64. The summed E-state index contributed by atoms with van der Waals surface area (Å²) in [6, 6.07) is 1.05. The first kappa shape index (κ1) is 18.2. The molecule has 2 rings (SSSR count). The molecule has 1 saturated carbocycles. The number of hydrogen-bond acceptors (Lipinski definition) is 6. The van der Waals surface area contributed by atoms with Crippen molar-refractivity contribution in [2.24, 2.45) is 20.0 Å². The van der Waals surface area contributed by atoms with Gasteiger partial charge in [0.15, 0.2) is 5.56 Å². The number of aliphatic hydroxyl groups excluding tert-OH is 2. The fourth-order valence-corrected chi connectivity index (χ4v) is 3.33. The van der Waals surface area contributed by atoms with Gasteiger partial charge in [0.25, 0.3) is 5.56 Å². The Bertz CT molecular complexity index is 740. The van der Waals surface area contributed by atoms with E-state index in [1.54, 1.807) is 6.07 Å². The van der Waals surface area contributed by atoms with Gasteiger partial charge in [-0.3, -0.25) is 13.9 Å². The van der Waals surface area contributed by atoms with Crippen molar-refractivity contribution in [1.82, 2.24) is 9.13 Å². The smallest absolute Gasteiger partial charge is 0.332 e. The van der Waals surface area contributed by atoms with Gasteiger partial charge >= 0.3 is 5.69 Å². The van der Waals surface area contributed by atoms with Crippen LogP contribution in [0.2, 0.25) is 0 Å². The molecule has 2 unspecified atom stereocenters. The van der Waals surface area contributed by atoms with E-state index < -0.39 is 23.4 Å². The van der Waals surface area contributed by atoms with Gasteiger partial charge in [-0.1, -0.05) is 19.3 Å². The zero-order valence-electron chi connectivity index (χ0n) is 14.0. The molecule has 0 aromatic carbocycles. The van der Waals surface area contributed by atoms with Crippen molar-refractivity contribution in [3.63, 3.8) is 0 Å². The van der Waals surface area contributed by atoms with Crippen LogP contribution < -0.4 is 16.6 Å². The first-order valence-electron chi connectivity index (χ1n) is 8.18. The van der Waals surface area contributed by atoms with Crippen LogP contribution in [0.4, 0.5) is 5.82 Å². The molecular weight excluding hydrogens is 312 g/mol. The molecule has 0 saturated heterocycles. The summed E-state index contributed by atoms with van der Waals surface area (Å²) in [5.74, 6) is 0.0806. The van der Waals surface area contributed by atoms with Crippen molar-refractivity contribution in [2.75, 3.05) is 11.9 Å². The van der Waals surface area contributed by atoms with Crippen molar-refractivity contribution in [1.29, 1.82) is 5.26 Å². The van der Waals surface area contributed by atoms with Crippen LogP contribution in [0.5, 0.6) is 0 Å². The number of rotatable bonds is 5. The molecule has 132 valence electrons. The second-order valence-electron chi connectivity index (χ2n) is 6.36. The quantitative estimate of drug-likeness (QED) is 0.677. The second-order valence-corrected chi connectivity index (χ2v) is 6.36. The van der Waals surface area contributed by atoms with Gasteiger partial charge in [-0.25, -0.2) is 4.79 Å². The van der Waals surface area contributed by atoms with Crippen LogP contribution in [0.15, 0.2) is 9.59 Å². The van der Waals surface area contributed by atoms with Gasteiger partial charge in [0.2, 0.25) is 0 Å². The van der Waals surface area contributed by atoms with E-state index in [2.05, 4.69) is 5.32 Å². The van der Waals surface area contributed by atoms with Crippen LogP contribution in [-0.4, -0.2) is 38.1 Å². The topological polar surface area (TPSA) is 120 Å². The van der Waals surface area contributed by atoms with Crippen molar-refractivity contribution < 1.29 is 10.2 Å². The van der Waals surface area contributed by atoms with Crippen LogP contribution in [0, 0.1) is 17.2 Å². The van der Waals surface area contributed by atoms with E-state index in [1.807, 2.05) is 0 Å². The van der Waals surface area contributed by atoms with Crippen LogP contribution >= 0.6 is 0 Å². The van der Waals surface area contributed by atoms with Crippen LogP contribution in [0.3, 0.4) is 0 Å². The first-order valence-corrected chi connectivity index (χ1v) is 8.18. The van der Waals surface area contributed by atoms with Gasteiger partial charge in [0.1, 0.15) is 11.9 Å². The Kier molecular flexibility index (Phi) is 5.80. The molecule has 0 radical (unpaired) electrons. The standard InChI is InChI=1S/C16H24N4O4/c1-19-14(11(8-17)15(23)20(2)16(19)24)18-12(9-21)13(22)10-6-4-3-5-7-10/h10,12-13,18,21-22H,3-7,9H2,1-2H3. The number of nitrogens with one attached hydrogen (secondary N) is 1. The van der Waals surface area contributed by atoms with Gasteiger partial charge in [0.05, 0.1) is 18.8 Å². The lowest BCUT2D eigenvalue weighted by molar-refractivity contribution is 0.0491. The summed E-state index contributed by atoms with van der Waals surface area (Å²) in [6.07, 6.45) is 4.14. The molecule has 2 atom stereocenters. The highest BCUT2D eigenvalue weighted by atomic mass is 16.3. The average molecular weight is 336 g/mol. The Hall–Kier alpha value is -2.11. The third-order valence-corrected chi connectivity index (χ3v) is 4.84. The van der Waals surface area contributed by atoms with E-state index in [-0.39, 0.29) is 23.9 Å². The molecule has 0 amide bonds. The largest absolute Gasteiger partial charge is 0.394 e. The molecule has 1 aromatic heterocycles. The lowest BCUT2D eigenvalue weighted by atomic mass is 9.83. The van der Waals surface area contributed by atoms with Crippen molar-refractivity contribution in [2.45, 2.75) is 44.2 Å². The summed E-state index contributed by atoms with van der Waals surface area (Å²) in [5, 5.41) is 32.3. The monoisotopic (exact) mass is 336 g/mol. The van der Waals surface area contributed by atoms with E-state index in [9.17, 15) is 25.1 Å². The lowest BCUT2D eigenvalue weighted by Gasteiger charge is -2.32. The fraction of sp³-hybridized carbons (Fsp3) is 0.688. The van der Waals surface area contributed by atoms with E-state index in [4.69, 9.17) is 0 Å². The van der Waals surface area contributed by atoms with Gasteiger partial charge in [0, 0.05) is 14.1 Å². The molecule has 0 aliphatic heterocycles. The highest BCUT2D eigenvalue weighted by Crippen LogP contribution is 2.28. The summed E-state index contributed by atoms with van der Waals surface area (Å²) in [4.78, 5) is 24.2. The first-order chi connectivity index (χ1) is 11.4. The van der Waals surface area contributed by atoms with Crippen molar-refractivity contribution in [3.05, 3.63) is 26.4 Å². The van der Waals surface area contributed by atoms with Gasteiger partial charge in [-0.05, 0) is 18.8 Å². The molecule has 0 bridgehead atoms. The minimum atomic E-state index is -0.819. The maximum atomic E-state index is 12.1. The van der Waals surface area contributed by atoms with Crippen LogP contribution in [0.25, 0.3) is 0 Å². The molecule has 8 heteroatoms. The predicted molar refractivity (Wildman–Crippen MR) is 88.7 cm³/mol. The molecule has 8 nitrogen and oxygen atoms in total. The molecule has 24 heavy (non-hydrogen) atoms. The molecule has 1 heterocycles. The Morgan fingerprint density at radius 3 is 2.42 bits per heavy atom. The number of anilines is 1. The summed E-state index contributed by atoms with van der Waals surface area (Å²) >= 11 is 0. The lowest BCUT2D eigenvalue weighted by Crippen LogP contribution is -2.46. The van der Waals surface area contributed by atoms with E-state index >= 15 is 0 Å². The molecule has 1 aliphatic rings. The van der Waals surface area contributed by atoms with Gasteiger partial charge < -0.3 is 15.5 Å². The Labute approximate surface area is 140 Å². The zero-order valence-corrected chi connectivity index (χ0v) is 14.0. The van der Waals surface area contributed by atoms with Crippen molar-refractivity contribution in [3.8, 4) is 6.07 Å². The Morgan fingerprint density at radius 2 is 1.88 bits per heavy atom. The highest BCUT2D eigenvalue weighted by Gasteiger charge is 2.30. The number of aromatic nitrogens is 2. The predicted octanol–water partition coefficient (Wildman–Crippen LogP) is -0.330. The number of aliphatic hydroxyl groups is 2. The summed E-state index contributed by atoms with van der Waals surface area (Å²) in [6.45, 7) is -0.369. The Balaban J connectivity index is 2.36. The average Bonchev–Trinajstić information content (AvgIpc) is 2.62. The van der Waals surface area contributed by atoms with Gasteiger partial charge in [-0.2, -0.15) is 5.26 Å². The molecule has 0 spiro atoms. The van der Waals surface area contributed by atoms with Gasteiger partial charge in [-0.15, -0.1) is 0 Å². The summed E-state index contributed by atoms with van der Waals surface area (Å²) < 4.78 is 2.01. The normalized spacial score (nSPS) is 18.0. The van der Waals surface area contributed by atoms with Crippen LogP contribution in [0.1, 0.15) is 37.7 Å². The minimum absolute atomic E-state index is 0.0273. The van der Waals surface area contributed by atoms with E-state index in [1.165, 1.54) is 14.1 Å². The van der Waals surface area contributed by atoms with E-state index in [0.29, 0.717) is 0 Å².